The van der Waals surface area contributed by atoms with Crippen LogP contribution in [0.2, 0.25) is 0 Å². The van der Waals surface area contributed by atoms with Gasteiger partial charge >= 0.3 is 0 Å². The van der Waals surface area contributed by atoms with Gasteiger partial charge in [0.1, 0.15) is 18.2 Å². The number of methoxy groups -OCH3 is 1. The highest BCUT2D eigenvalue weighted by molar-refractivity contribution is 5.75. The Bertz CT molecular complexity index is 902. The second-order valence-corrected chi connectivity index (χ2v) is 5.31. The molecule has 2 aromatic carbocycles. The maximum atomic E-state index is 13.2. The molecule has 0 saturated heterocycles. The van der Waals surface area contributed by atoms with Gasteiger partial charge in [0.25, 0.3) is 0 Å². The summed E-state index contributed by atoms with van der Waals surface area (Å²) in [6, 6.07) is 11.6. The van der Waals surface area contributed by atoms with Crippen LogP contribution in [0.15, 0.2) is 48.7 Å². The summed E-state index contributed by atoms with van der Waals surface area (Å²) in [5, 5.41) is 0. The zero-order valence-corrected chi connectivity index (χ0v) is 13.6. The number of hydrogen-bond donors (Lipinski definition) is 2. The SMILES string of the molecule is COc1cc(-c2cnc(N)nc2N)ccc1OCc1cccc(F)c1. The van der Waals surface area contributed by atoms with E-state index in [0.29, 0.717) is 17.1 Å². The lowest BCUT2D eigenvalue weighted by molar-refractivity contribution is 0.284. The zero-order chi connectivity index (χ0) is 17.8. The average molecular weight is 340 g/mol. The number of anilines is 2. The van der Waals surface area contributed by atoms with Crippen LogP contribution < -0.4 is 20.9 Å². The summed E-state index contributed by atoms with van der Waals surface area (Å²) in [4.78, 5) is 7.91. The maximum Gasteiger partial charge on any atom is 0.221 e. The molecule has 3 aromatic rings. The summed E-state index contributed by atoms with van der Waals surface area (Å²) >= 11 is 0. The predicted molar refractivity (Wildman–Crippen MR) is 93.6 cm³/mol. The van der Waals surface area contributed by atoms with E-state index in [-0.39, 0.29) is 24.2 Å². The largest absolute Gasteiger partial charge is 0.493 e. The van der Waals surface area contributed by atoms with Crippen molar-refractivity contribution in [2.24, 2.45) is 0 Å². The summed E-state index contributed by atoms with van der Waals surface area (Å²) in [5.41, 5.74) is 13.5. The molecule has 0 bridgehead atoms. The molecule has 0 unspecified atom stereocenters. The van der Waals surface area contributed by atoms with Gasteiger partial charge in [0.05, 0.1) is 7.11 Å². The molecule has 0 aliphatic carbocycles. The Labute approximate surface area is 144 Å². The molecular formula is C18H17FN4O2. The van der Waals surface area contributed by atoms with E-state index in [0.717, 1.165) is 11.1 Å². The molecule has 7 heteroatoms. The van der Waals surface area contributed by atoms with Gasteiger partial charge < -0.3 is 20.9 Å². The van der Waals surface area contributed by atoms with Gasteiger partial charge in [0.15, 0.2) is 11.5 Å². The van der Waals surface area contributed by atoms with Gasteiger partial charge in [-0.25, -0.2) is 9.37 Å². The molecule has 0 fully saturated rings. The van der Waals surface area contributed by atoms with Crippen molar-refractivity contribution in [2.45, 2.75) is 6.61 Å². The van der Waals surface area contributed by atoms with E-state index in [4.69, 9.17) is 20.9 Å². The van der Waals surface area contributed by atoms with Gasteiger partial charge in [-0.05, 0) is 35.4 Å². The first-order valence-electron chi connectivity index (χ1n) is 7.50. The molecule has 0 atom stereocenters. The highest BCUT2D eigenvalue weighted by atomic mass is 19.1. The summed E-state index contributed by atoms with van der Waals surface area (Å²) in [5.74, 6) is 1.14. The molecule has 128 valence electrons. The van der Waals surface area contributed by atoms with Crippen LogP contribution in [0.4, 0.5) is 16.2 Å². The van der Waals surface area contributed by atoms with Crippen LogP contribution in [-0.4, -0.2) is 17.1 Å². The van der Waals surface area contributed by atoms with Crippen molar-refractivity contribution >= 4 is 11.8 Å². The Morgan fingerprint density at radius 1 is 1.08 bits per heavy atom. The topological polar surface area (TPSA) is 96.3 Å². The lowest BCUT2D eigenvalue weighted by Crippen LogP contribution is -2.02. The Morgan fingerprint density at radius 3 is 2.64 bits per heavy atom. The van der Waals surface area contributed by atoms with Crippen molar-refractivity contribution in [3.8, 4) is 22.6 Å². The first-order valence-corrected chi connectivity index (χ1v) is 7.50. The van der Waals surface area contributed by atoms with Crippen LogP contribution >= 0.6 is 0 Å². The summed E-state index contributed by atoms with van der Waals surface area (Å²) in [7, 11) is 1.54. The number of nitrogens with zero attached hydrogens (tertiary/aromatic N) is 2. The van der Waals surface area contributed by atoms with Crippen molar-refractivity contribution in [3.05, 3.63) is 60.0 Å². The number of halogens is 1. The standard InChI is InChI=1S/C18H17FN4O2/c1-24-16-8-12(14-9-22-18(21)23-17(14)20)5-6-15(16)25-10-11-3-2-4-13(19)7-11/h2-9H,10H2,1H3,(H4,20,21,22,23). The van der Waals surface area contributed by atoms with E-state index >= 15 is 0 Å². The second-order valence-electron chi connectivity index (χ2n) is 5.31. The van der Waals surface area contributed by atoms with E-state index in [9.17, 15) is 4.39 Å². The molecule has 0 spiro atoms. The van der Waals surface area contributed by atoms with E-state index in [1.54, 1.807) is 30.5 Å². The van der Waals surface area contributed by atoms with Crippen LogP contribution in [0.25, 0.3) is 11.1 Å². The lowest BCUT2D eigenvalue weighted by Gasteiger charge is -2.13. The fourth-order valence-electron chi connectivity index (χ4n) is 2.37. The Morgan fingerprint density at radius 2 is 1.92 bits per heavy atom. The molecule has 4 N–H and O–H groups in total. The molecule has 0 aliphatic heterocycles. The molecule has 3 rings (SSSR count). The molecule has 0 amide bonds. The molecule has 1 aromatic heterocycles. The molecule has 0 radical (unpaired) electrons. The number of rotatable bonds is 5. The third kappa shape index (κ3) is 3.77. The van der Waals surface area contributed by atoms with Gasteiger partial charge in [0.2, 0.25) is 5.95 Å². The van der Waals surface area contributed by atoms with Gasteiger partial charge in [-0.2, -0.15) is 4.98 Å². The summed E-state index contributed by atoms with van der Waals surface area (Å²) in [6.07, 6.45) is 1.56. The maximum absolute atomic E-state index is 13.2. The quantitative estimate of drug-likeness (QED) is 0.741. The average Bonchev–Trinajstić information content (AvgIpc) is 2.60. The zero-order valence-electron chi connectivity index (χ0n) is 13.6. The van der Waals surface area contributed by atoms with E-state index in [2.05, 4.69) is 9.97 Å². The predicted octanol–water partition coefficient (Wildman–Crippen LogP) is 3.03. The molecule has 1 heterocycles. The van der Waals surface area contributed by atoms with Gasteiger partial charge in [-0.3, -0.25) is 0 Å². The minimum absolute atomic E-state index is 0.114. The third-order valence-corrected chi connectivity index (χ3v) is 3.59. The monoisotopic (exact) mass is 340 g/mol. The molecular weight excluding hydrogens is 323 g/mol. The lowest BCUT2D eigenvalue weighted by atomic mass is 10.1. The minimum atomic E-state index is -0.303. The van der Waals surface area contributed by atoms with Crippen molar-refractivity contribution in [1.82, 2.24) is 9.97 Å². The van der Waals surface area contributed by atoms with Crippen LogP contribution in [0.1, 0.15) is 5.56 Å². The van der Waals surface area contributed by atoms with Crippen LogP contribution in [0.5, 0.6) is 11.5 Å². The first-order chi connectivity index (χ1) is 12.1. The van der Waals surface area contributed by atoms with Gasteiger partial charge in [-0.15, -0.1) is 0 Å². The van der Waals surface area contributed by atoms with Crippen LogP contribution in [0, 0.1) is 5.82 Å². The Kier molecular flexibility index (Phi) is 4.65. The van der Waals surface area contributed by atoms with Crippen LogP contribution in [0.3, 0.4) is 0 Å². The third-order valence-electron chi connectivity index (χ3n) is 3.59. The van der Waals surface area contributed by atoms with E-state index < -0.39 is 0 Å². The number of benzene rings is 2. The summed E-state index contributed by atoms with van der Waals surface area (Å²) < 4.78 is 24.3. The van der Waals surface area contributed by atoms with Crippen molar-refractivity contribution in [2.75, 3.05) is 18.6 Å². The van der Waals surface area contributed by atoms with Crippen LogP contribution in [-0.2, 0) is 6.61 Å². The van der Waals surface area contributed by atoms with Crippen molar-refractivity contribution < 1.29 is 13.9 Å². The number of ether oxygens (including phenoxy) is 2. The normalized spacial score (nSPS) is 10.5. The van der Waals surface area contributed by atoms with Gasteiger partial charge in [0, 0.05) is 11.8 Å². The Balaban J connectivity index is 1.84. The fourth-order valence-corrected chi connectivity index (χ4v) is 2.37. The van der Waals surface area contributed by atoms with Crippen molar-refractivity contribution in [3.63, 3.8) is 0 Å². The summed E-state index contributed by atoms with van der Waals surface area (Å²) in [6.45, 7) is 0.223. The van der Waals surface area contributed by atoms with E-state index in [1.165, 1.54) is 19.2 Å². The molecule has 0 aliphatic rings. The fraction of sp³-hybridized carbons (Fsp3) is 0.111. The number of nitrogens with two attached hydrogens (primary N) is 2. The molecule has 6 nitrogen and oxygen atoms in total. The number of hydrogen-bond acceptors (Lipinski definition) is 6. The highest BCUT2D eigenvalue weighted by Gasteiger charge is 2.11. The number of aromatic nitrogens is 2. The van der Waals surface area contributed by atoms with Crippen molar-refractivity contribution in [1.29, 1.82) is 0 Å². The smallest absolute Gasteiger partial charge is 0.221 e. The minimum Gasteiger partial charge on any atom is -0.493 e. The van der Waals surface area contributed by atoms with E-state index in [1.807, 2.05) is 6.07 Å². The second kappa shape index (κ2) is 7.04. The molecule has 25 heavy (non-hydrogen) atoms. The molecule has 0 saturated carbocycles. The highest BCUT2D eigenvalue weighted by Crippen LogP contribution is 2.34. The van der Waals surface area contributed by atoms with Gasteiger partial charge in [-0.1, -0.05) is 18.2 Å². The first kappa shape index (κ1) is 16.5. The number of nitrogen functional groups attached to an aromatic ring is 2. The Hall–Kier alpha value is -3.35.